The summed E-state index contributed by atoms with van der Waals surface area (Å²) in [4.78, 5) is 12.3. The van der Waals surface area contributed by atoms with Crippen LogP contribution in [0.3, 0.4) is 0 Å². The van der Waals surface area contributed by atoms with Gasteiger partial charge < -0.3 is 9.73 Å². The van der Waals surface area contributed by atoms with Gasteiger partial charge in [-0.15, -0.1) is 0 Å². The van der Waals surface area contributed by atoms with Gasteiger partial charge in [-0.3, -0.25) is 4.79 Å². The van der Waals surface area contributed by atoms with Gasteiger partial charge in [0.15, 0.2) is 0 Å². The largest absolute Gasteiger partial charge is 0.469 e. The van der Waals surface area contributed by atoms with Crippen molar-refractivity contribution < 1.29 is 17.6 Å². The number of benzene rings is 1. The molecule has 2 aromatic rings. The van der Waals surface area contributed by atoms with E-state index in [9.17, 15) is 13.2 Å². The topological polar surface area (TPSA) is 88.4 Å². The first kappa shape index (κ1) is 18.2. The molecular weight excluding hydrogens is 328 g/mol. The summed E-state index contributed by atoms with van der Waals surface area (Å²) >= 11 is 0. The summed E-state index contributed by atoms with van der Waals surface area (Å²) in [5, 5.41) is 2.73. The monoisotopic (exact) mass is 350 g/mol. The van der Waals surface area contributed by atoms with Gasteiger partial charge in [0.25, 0.3) is 5.91 Å². The fourth-order valence-electron chi connectivity index (χ4n) is 2.26. The highest BCUT2D eigenvalue weighted by molar-refractivity contribution is 7.89. The Morgan fingerprint density at radius 3 is 2.42 bits per heavy atom. The lowest BCUT2D eigenvalue weighted by molar-refractivity contribution is 0.0949. The van der Waals surface area contributed by atoms with Gasteiger partial charge in [0.2, 0.25) is 10.0 Å². The summed E-state index contributed by atoms with van der Waals surface area (Å²) in [5.41, 5.74) is 0.357. The Morgan fingerprint density at radius 1 is 1.17 bits per heavy atom. The molecule has 130 valence electrons. The normalized spacial score (nSPS) is 12.2. The van der Waals surface area contributed by atoms with Gasteiger partial charge in [-0.2, -0.15) is 0 Å². The highest BCUT2D eigenvalue weighted by Crippen LogP contribution is 2.18. The van der Waals surface area contributed by atoms with Crippen molar-refractivity contribution in [3.05, 3.63) is 53.5 Å². The molecule has 6 nitrogen and oxygen atoms in total. The number of amides is 1. The minimum atomic E-state index is -3.68. The molecule has 0 fully saturated rings. The molecule has 0 bridgehead atoms. The molecule has 1 heterocycles. The van der Waals surface area contributed by atoms with E-state index in [-0.39, 0.29) is 17.3 Å². The Balaban J connectivity index is 2.21. The minimum Gasteiger partial charge on any atom is -0.469 e. The lowest BCUT2D eigenvalue weighted by Gasteiger charge is -2.21. The van der Waals surface area contributed by atoms with Crippen molar-refractivity contribution in [1.82, 2.24) is 10.0 Å². The average molecular weight is 350 g/mol. The predicted octanol–water partition coefficient (Wildman–Crippen LogP) is 2.59. The number of aryl methyl sites for hydroxylation is 1. The van der Waals surface area contributed by atoms with E-state index in [1.165, 1.54) is 12.3 Å². The van der Waals surface area contributed by atoms with Crippen LogP contribution in [0.2, 0.25) is 0 Å². The standard InChI is InChI=1S/C17H22N2O4S/c1-12-14(9-10-23-12)16(20)18-11-13-7-5-6-8-15(13)24(21,22)19-17(2,3)4/h5-10,19H,11H2,1-4H3,(H,18,20). The average Bonchev–Trinajstić information content (AvgIpc) is 2.89. The van der Waals surface area contributed by atoms with Crippen LogP contribution in [-0.2, 0) is 16.6 Å². The molecule has 0 radical (unpaired) electrons. The van der Waals surface area contributed by atoms with Crippen molar-refractivity contribution in [3.63, 3.8) is 0 Å². The SMILES string of the molecule is Cc1occc1C(=O)NCc1ccccc1S(=O)(=O)NC(C)(C)C. The molecule has 1 aromatic heterocycles. The van der Waals surface area contributed by atoms with Gasteiger partial charge in [-0.1, -0.05) is 18.2 Å². The zero-order valence-electron chi connectivity index (χ0n) is 14.2. The number of rotatable bonds is 5. The summed E-state index contributed by atoms with van der Waals surface area (Å²) < 4.78 is 32.8. The lowest BCUT2D eigenvalue weighted by atomic mass is 10.1. The molecule has 7 heteroatoms. The molecule has 24 heavy (non-hydrogen) atoms. The summed E-state index contributed by atoms with van der Waals surface area (Å²) in [5.74, 6) is 0.208. The van der Waals surface area contributed by atoms with Crippen molar-refractivity contribution in [1.29, 1.82) is 0 Å². The first-order valence-electron chi connectivity index (χ1n) is 7.54. The molecule has 1 amide bonds. The summed E-state index contributed by atoms with van der Waals surface area (Å²) in [6.45, 7) is 7.12. The van der Waals surface area contributed by atoms with Crippen LogP contribution in [-0.4, -0.2) is 19.9 Å². The Labute approximate surface area is 142 Å². The third-order valence-corrected chi connectivity index (χ3v) is 5.10. The first-order chi connectivity index (χ1) is 11.1. The molecular formula is C17H22N2O4S. The van der Waals surface area contributed by atoms with E-state index in [4.69, 9.17) is 4.42 Å². The van der Waals surface area contributed by atoms with Crippen LogP contribution in [0.4, 0.5) is 0 Å². The smallest absolute Gasteiger partial charge is 0.255 e. The third kappa shape index (κ3) is 4.46. The molecule has 0 unspecified atom stereocenters. The van der Waals surface area contributed by atoms with Crippen LogP contribution in [0.25, 0.3) is 0 Å². The predicted molar refractivity (Wildman–Crippen MR) is 91.1 cm³/mol. The third-order valence-electron chi connectivity index (χ3n) is 3.25. The molecule has 2 rings (SSSR count). The van der Waals surface area contributed by atoms with E-state index >= 15 is 0 Å². The number of carbonyl (C=O) groups is 1. The quantitative estimate of drug-likeness (QED) is 0.867. The second-order valence-corrected chi connectivity index (χ2v) is 8.19. The van der Waals surface area contributed by atoms with E-state index in [2.05, 4.69) is 10.0 Å². The molecule has 0 aliphatic heterocycles. The molecule has 0 aliphatic carbocycles. The van der Waals surface area contributed by atoms with Gasteiger partial charge in [0.05, 0.1) is 16.7 Å². The number of furan rings is 1. The lowest BCUT2D eigenvalue weighted by Crippen LogP contribution is -2.41. The molecule has 0 spiro atoms. The maximum absolute atomic E-state index is 12.6. The van der Waals surface area contributed by atoms with Gasteiger partial charge in [0.1, 0.15) is 5.76 Å². The summed E-state index contributed by atoms with van der Waals surface area (Å²) in [6.07, 6.45) is 1.44. The fourth-order valence-corrected chi connectivity index (χ4v) is 3.92. The second-order valence-electron chi connectivity index (χ2n) is 6.54. The van der Waals surface area contributed by atoms with Crippen molar-refractivity contribution in [2.75, 3.05) is 0 Å². The van der Waals surface area contributed by atoms with E-state index < -0.39 is 15.6 Å². The Kier molecular flexibility index (Phi) is 5.15. The molecule has 0 atom stereocenters. The number of hydrogen-bond donors (Lipinski definition) is 2. The maximum atomic E-state index is 12.6. The Bertz CT molecular complexity index is 832. The van der Waals surface area contributed by atoms with Gasteiger partial charge >= 0.3 is 0 Å². The van der Waals surface area contributed by atoms with Crippen molar-refractivity contribution in [2.45, 2.75) is 44.7 Å². The molecule has 2 N–H and O–H groups in total. The maximum Gasteiger partial charge on any atom is 0.255 e. The van der Waals surface area contributed by atoms with E-state index in [0.717, 1.165) is 0 Å². The van der Waals surface area contributed by atoms with E-state index in [1.807, 2.05) is 0 Å². The van der Waals surface area contributed by atoms with Crippen LogP contribution in [0.15, 0.2) is 45.9 Å². The van der Waals surface area contributed by atoms with Crippen LogP contribution in [0.1, 0.15) is 42.5 Å². The van der Waals surface area contributed by atoms with E-state index in [0.29, 0.717) is 16.9 Å². The van der Waals surface area contributed by atoms with Crippen LogP contribution < -0.4 is 10.0 Å². The van der Waals surface area contributed by atoms with Crippen molar-refractivity contribution in [2.24, 2.45) is 0 Å². The molecule has 1 aromatic carbocycles. The first-order valence-corrected chi connectivity index (χ1v) is 9.03. The zero-order chi connectivity index (χ0) is 18.0. The van der Waals surface area contributed by atoms with Crippen LogP contribution >= 0.6 is 0 Å². The number of carbonyl (C=O) groups excluding carboxylic acids is 1. The molecule has 0 aliphatic rings. The Morgan fingerprint density at radius 2 is 1.83 bits per heavy atom. The second kappa shape index (κ2) is 6.78. The Hall–Kier alpha value is -2.12. The van der Waals surface area contributed by atoms with Gasteiger partial charge in [-0.25, -0.2) is 13.1 Å². The highest BCUT2D eigenvalue weighted by atomic mass is 32.2. The summed E-state index contributed by atoms with van der Waals surface area (Å²) in [7, 11) is -3.68. The minimum absolute atomic E-state index is 0.102. The highest BCUT2D eigenvalue weighted by Gasteiger charge is 2.24. The summed E-state index contributed by atoms with van der Waals surface area (Å²) in [6, 6.07) is 8.18. The number of hydrogen-bond acceptors (Lipinski definition) is 4. The van der Waals surface area contributed by atoms with Crippen molar-refractivity contribution in [3.8, 4) is 0 Å². The van der Waals surface area contributed by atoms with Crippen LogP contribution in [0, 0.1) is 6.92 Å². The van der Waals surface area contributed by atoms with Gasteiger partial charge in [0, 0.05) is 12.1 Å². The molecule has 0 saturated heterocycles. The fraction of sp³-hybridized carbons (Fsp3) is 0.353. The number of sulfonamides is 1. The van der Waals surface area contributed by atoms with Crippen molar-refractivity contribution >= 4 is 15.9 Å². The molecule has 0 saturated carbocycles. The zero-order valence-corrected chi connectivity index (χ0v) is 15.0. The van der Waals surface area contributed by atoms with E-state index in [1.54, 1.807) is 52.0 Å². The van der Waals surface area contributed by atoms with Gasteiger partial charge in [-0.05, 0) is 45.4 Å². The number of nitrogens with one attached hydrogen (secondary N) is 2. The van der Waals surface area contributed by atoms with Crippen LogP contribution in [0.5, 0.6) is 0 Å².